The number of halogens is 1. The molecular formula is C25H23ClN2O5S2. The molecule has 7 nitrogen and oxygen atoms in total. The number of hydrogen-bond acceptors (Lipinski definition) is 6. The van der Waals surface area contributed by atoms with Crippen molar-refractivity contribution in [2.45, 2.75) is 20.3 Å². The lowest BCUT2D eigenvalue weighted by molar-refractivity contribution is 0.102. The van der Waals surface area contributed by atoms with Crippen LogP contribution in [0.1, 0.15) is 33.3 Å². The van der Waals surface area contributed by atoms with Crippen LogP contribution in [0.5, 0.6) is 0 Å². The van der Waals surface area contributed by atoms with Gasteiger partial charge in [0.2, 0.25) is 0 Å². The van der Waals surface area contributed by atoms with E-state index in [1.807, 2.05) is 19.1 Å². The summed E-state index contributed by atoms with van der Waals surface area (Å²) in [7, 11) is -0.775. The third-order valence-corrected chi connectivity index (χ3v) is 8.62. The minimum atomic E-state index is -3.65. The number of rotatable bonds is 7. The molecule has 35 heavy (non-hydrogen) atoms. The molecule has 4 rings (SSSR count). The molecule has 2 aromatic carbocycles. The smallest absolute Gasteiger partial charge is 0.340 e. The Morgan fingerprint density at radius 1 is 1.14 bits per heavy atom. The van der Waals surface area contributed by atoms with E-state index in [0.29, 0.717) is 37.7 Å². The molecule has 1 N–H and O–H groups in total. The molecule has 0 radical (unpaired) electrons. The molecule has 182 valence electrons. The van der Waals surface area contributed by atoms with E-state index in [-0.39, 0.29) is 12.2 Å². The van der Waals surface area contributed by atoms with Crippen LogP contribution in [-0.2, 0) is 16.6 Å². The standard InChI is InChI=1S/C25H23ClN2O5S2/c1-14-18-12-21(26)20(24-9-8-23(34-24)15(2)29)13-22(18)33-25(30)19(14)11-16-6-5-7-17(10-16)27-35(31,32)28(3)4/h5-10,12-13,27H,11H2,1-4H3. The number of fused-ring (bicyclic) bond motifs is 1. The lowest BCUT2D eigenvalue weighted by Crippen LogP contribution is -2.28. The van der Waals surface area contributed by atoms with Crippen molar-refractivity contribution in [2.24, 2.45) is 0 Å². The van der Waals surface area contributed by atoms with Crippen LogP contribution in [0.2, 0.25) is 5.02 Å². The fraction of sp³-hybridized carbons (Fsp3) is 0.200. The molecule has 2 heterocycles. The van der Waals surface area contributed by atoms with Crippen molar-refractivity contribution < 1.29 is 17.6 Å². The highest BCUT2D eigenvalue weighted by Gasteiger charge is 2.18. The number of benzene rings is 2. The number of thiophene rings is 1. The summed E-state index contributed by atoms with van der Waals surface area (Å²) in [5.41, 5.74) is 2.96. The Kier molecular flexibility index (Phi) is 6.88. The van der Waals surface area contributed by atoms with Crippen LogP contribution in [0.15, 0.2) is 57.7 Å². The minimum absolute atomic E-state index is 0.0243. The van der Waals surface area contributed by atoms with E-state index in [2.05, 4.69) is 4.72 Å². The maximum Gasteiger partial charge on any atom is 0.340 e. The van der Waals surface area contributed by atoms with Crippen LogP contribution in [0.4, 0.5) is 5.69 Å². The molecule has 0 bridgehead atoms. The number of ketones is 1. The third kappa shape index (κ3) is 5.18. The Bertz CT molecular complexity index is 1620. The Morgan fingerprint density at radius 2 is 1.89 bits per heavy atom. The van der Waals surface area contributed by atoms with Crippen LogP contribution in [-0.4, -0.2) is 32.6 Å². The predicted octanol–water partition coefficient (Wildman–Crippen LogP) is 5.50. The number of Topliss-reactive ketones (excluding diaryl/α,β-unsaturated/α-hetero) is 1. The van der Waals surface area contributed by atoms with Gasteiger partial charge in [0.15, 0.2) is 5.78 Å². The number of carbonyl (C=O) groups is 1. The number of hydrogen-bond donors (Lipinski definition) is 1. The first kappa shape index (κ1) is 25.1. The lowest BCUT2D eigenvalue weighted by Gasteiger charge is -2.14. The second kappa shape index (κ2) is 9.58. The predicted molar refractivity (Wildman–Crippen MR) is 141 cm³/mol. The molecule has 0 spiro atoms. The first-order valence-electron chi connectivity index (χ1n) is 10.6. The Morgan fingerprint density at radius 3 is 2.54 bits per heavy atom. The highest BCUT2D eigenvalue weighted by molar-refractivity contribution is 7.90. The summed E-state index contributed by atoms with van der Waals surface area (Å²) in [5.74, 6) is -0.0243. The lowest BCUT2D eigenvalue weighted by atomic mass is 9.98. The highest BCUT2D eigenvalue weighted by Crippen LogP contribution is 2.37. The molecule has 4 aromatic rings. The van der Waals surface area contributed by atoms with Gasteiger partial charge in [-0.3, -0.25) is 9.52 Å². The molecule has 0 fully saturated rings. The zero-order valence-electron chi connectivity index (χ0n) is 19.5. The average Bonchev–Trinajstić information content (AvgIpc) is 3.27. The summed E-state index contributed by atoms with van der Waals surface area (Å²) in [6.45, 7) is 3.34. The fourth-order valence-corrected chi connectivity index (χ4v) is 5.52. The Labute approximate surface area is 212 Å². The largest absolute Gasteiger partial charge is 0.422 e. The summed E-state index contributed by atoms with van der Waals surface area (Å²) in [4.78, 5) is 26.0. The van der Waals surface area contributed by atoms with Crippen molar-refractivity contribution in [3.05, 3.63) is 85.5 Å². The van der Waals surface area contributed by atoms with E-state index in [1.54, 1.807) is 36.4 Å². The van der Waals surface area contributed by atoms with Gasteiger partial charge in [0.25, 0.3) is 0 Å². The van der Waals surface area contributed by atoms with Gasteiger partial charge in [0, 0.05) is 41.9 Å². The molecule has 0 aliphatic carbocycles. The second-order valence-corrected chi connectivity index (χ2v) is 11.7. The van der Waals surface area contributed by atoms with E-state index in [9.17, 15) is 18.0 Å². The number of nitrogens with one attached hydrogen (secondary N) is 1. The van der Waals surface area contributed by atoms with Gasteiger partial charge in [0.1, 0.15) is 5.58 Å². The van der Waals surface area contributed by atoms with Crippen LogP contribution in [0.25, 0.3) is 21.4 Å². The zero-order valence-corrected chi connectivity index (χ0v) is 21.9. The van der Waals surface area contributed by atoms with Gasteiger partial charge in [-0.2, -0.15) is 12.7 Å². The van der Waals surface area contributed by atoms with E-state index in [0.717, 1.165) is 20.3 Å². The number of aryl methyl sites for hydroxylation is 1. The first-order valence-corrected chi connectivity index (χ1v) is 13.3. The molecule has 0 amide bonds. The molecule has 0 aliphatic heterocycles. The first-order chi connectivity index (χ1) is 16.5. The van der Waals surface area contributed by atoms with Crippen LogP contribution >= 0.6 is 22.9 Å². The number of nitrogens with zero attached hydrogens (tertiary/aromatic N) is 1. The van der Waals surface area contributed by atoms with Crippen molar-refractivity contribution in [1.82, 2.24) is 4.31 Å². The van der Waals surface area contributed by atoms with Crippen LogP contribution < -0.4 is 10.3 Å². The molecule has 2 aromatic heterocycles. The molecule has 0 aliphatic rings. The Balaban J connectivity index is 1.72. The van der Waals surface area contributed by atoms with Gasteiger partial charge in [-0.25, -0.2) is 4.79 Å². The molecule has 0 saturated carbocycles. The van der Waals surface area contributed by atoms with Gasteiger partial charge >= 0.3 is 15.8 Å². The third-order valence-electron chi connectivity index (χ3n) is 5.63. The molecule has 0 atom stereocenters. The topological polar surface area (TPSA) is 96.7 Å². The normalized spacial score (nSPS) is 11.8. The van der Waals surface area contributed by atoms with Gasteiger partial charge in [-0.15, -0.1) is 11.3 Å². The van der Waals surface area contributed by atoms with Crippen molar-refractivity contribution in [2.75, 3.05) is 18.8 Å². The van der Waals surface area contributed by atoms with Crippen molar-refractivity contribution in [3.63, 3.8) is 0 Å². The van der Waals surface area contributed by atoms with Crippen molar-refractivity contribution in [3.8, 4) is 10.4 Å². The maximum absolute atomic E-state index is 12.9. The van der Waals surface area contributed by atoms with Crippen molar-refractivity contribution in [1.29, 1.82) is 0 Å². The molecule has 10 heteroatoms. The van der Waals surface area contributed by atoms with Crippen molar-refractivity contribution >= 4 is 55.6 Å². The monoisotopic (exact) mass is 530 g/mol. The van der Waals surface area contributed by atoms with Gasteiger partial charge in [-0.1, -0.05) is 23.7 Å². The van der Waals surface area contributed by atoms with Gasteiger partial charge in [-0.05, 0) is 61.4 Å². The average molecular weight is 531 g/mol. The highest BCUT2D eigenvalue weighted by atomic mass is 35.5. The molecular weight excluding hydrogens is 508 g/mol. The van der Waals surface area contributed by atoms with Gasteiger partial charge in [0.05, 0.1) is 15.6 Å². The summed E-state index contributed by atoms with van der Waals surface area (Å²) >= 11 is 7.92. The summed E-state index contributed by atoms with van der Waals surface area (Å²) in [6, 6.07) is 13.9. The van der Waals surface area contributed by atoms with E-state index >= 15 is 0 Å². The SMILES string of the molecule is CC(=O)c1ccc(-c2cc3oc(=O)c(Cc4cccc(NS(=O)(=O)N(C)C)c4)c(C)c3cc2Cl)s1. The summed E-state index contributed by atoms with van der Waals surface area (Å²) < 4.78 is 33.5. The number of carbonyl (C=O) groups excluding carboxylic acids is 1. The van der Waals surface area contributed by atoms with Gasteiger partial charge < -0.3 is 4.42 Å². The molecule has 0 saturated heterocycles. The minimum Gasteiger partial charge on any atom is -0.422 e. The van der Waals surface area contributed by atoms with E-state index < -0.39 is 15.8 Å². The second-order valence-electron chi connectivity index (χ2n) is 8.31. The quantitative estimate of drug-likeness (QED) is 0.251. The fourth-order valence-electron chi connectivity index (χ4n) is 3.66. The van der Waals surface area contributed by atoms with Crippen LogP contribution in [0.3, 0.4) is 0 Å². The Hall–Kier alpha value is -2.98. The maximum atomic E-state index is 12.9. The zero-order chi connectivity index (χ0) is 25.5. The van der Waals surface area contributed by atoms with E-state index in [4.69, 9.17) is 16.0 Å². The van der Waals surface area contributed by atoms with Crippen LogP contribution in [0, 0.1) is 6.92 Å². The summed E-state index contributed by atoms with van der Waals surface area (Å²) in [6.07, 6.45) is 0.258. The molecule has 0 unspecified atom stereocenters. The van der Waals surface area contributed by atoms with E-state index in [1.165, 1.54) is 32.4 Å². The summed E-state index contributed by atoms with van der Waals surface area (Å²) in [5, 5.41) is 1.19. The number of anilines is 1.